The summed E-state index contributed by atoms with van der Waals surface area (Å²) in [4.78, 5) is 40.1. The minimum Gasteiger partial charge on any atom is -0.480 e. The number of carbonyl (C=O) groups excluding carboxylic acids is 2. The van der Waals surface area contributed by atoms with Gasteiger partial charge in [-0.2, -0.15) is 0 Å². The van der Waals surface area contributed by atoms with Gasteiger partial charge in [0.05, 0.1) is 12.7 Å². The number of carbonyl (C=O) groups is 3. The fourth-order valence-corrected chi connectivity index (χ4v) is 6.77. The Labute approximate surface area is 190 Å². The average molecular weight is 448 g/mol. The maximum atomic E-state index is 14.0. The predicted octanol–water partition coefficient (Wildman–Crippen LogP) is 2.28. The molecule has 0 heterocycles. The fourth-order valence-electron chi connectivity index (χ4n) is 6.77. The van der Waals surface area contributed by atoms with Gasteiger partial charge >= 0.3 is 5.97 Å². The molecule has 1 amide bonds. The molecule has 3 aliphatic rings. The smallest absolute Gasteiger partial charge is 0.328 e. The van der Waals surface area contributed by atoms with Gasteiger partial charge in [0.2, 0.25) is 5.91 Å². The lowest BCUT2D eigenvalue weighted by atomic mass is 9.53. The Balaban J connectivity index is 2.09. The van der Waals surface area contributed by atoms with Crippen LogP contribution in [0.25, 0.3) is 0 Å². The molecule has 178 valence electrons. The van der Waals surface area contributed by atoms with Gasteiger partial charge in [0.1, 0.15) is 5.92 Å². The number of allylic oxidation sites excluding steroid dienone is 3. The summed E-state index contributed by atoms with van der Waals surface area (Å²) in [7, 11) is 1.33. The van der Waals surface area contributed by atoms with Crippen molar-refractivity contribution in [3.05, 3.63) is 23.8 Å². The van der Waals surface area contributed by atoms with Gasteiger partial charge in [-0.3, -0.25) is 9.59 Å². The molecule has 7 heteroatoms. The Morgan fingerprint density at radius 3 is 2.56 bits per heavy atom. The molecule has 9 unspecified atom stereocenters. The van der Waals surface area contributed by atoms with Crippen LogP contribution in [0.15, 0.2) is 23.8 Å². The molecule has 2 saturated carbocycles. The zero-order valence-electron chi connectivity index (χ0n) is 19.7. The summed E-state index contributed by atoms with van der Waals surface area (Å²) in [6.07, 6.45) is 7.92. The highest BCUT2D eigenvalue weighted by Gasteiger charge is 2.65. The zero-order chi connectivity index (χ0) is 24.0. The van der Waals surface area contributed by atoms with E-state index in [1.807, 2.05) is 13.8 Å². The third kappa shape index (κ3) is 3.94. The van der Waals surface area contributed by atoms with E-state index < -0.39 is 47.9 Å². The van der Waals surface area contributed by atoms with E-state index >= 15 is 0 Å². The highest BCUT2D eigenvalue weighted by molar-refractivity contribution is 6.07. The molecule has 0 aromatic heterocycles. The lowest BCUT2D eigenvalue weighted by molar-refractivity contribution is -0.155. The van der Waals surface area contributed by atoms with E-state index in [9.17, 15) is 29.7 Å². The minimum absolute atomic E-state index is 0.138. The van der Waals surface area contributed by atoms with E-state index in [-0.39, 0.29) is 17.6 Å². The van der Waals surface area contributed by atoms with Crippen LogP contribution >= 0.6 is 0 Å². The Hall–Kier alpha value is -1.99. The summed E-state index contributed by atoms with van der Waals surface area (Å²) in [6.45, 7) is 7.14. The highest BCUT2D eigenvalue weighted by atomic mass is 16.4. The number of amides is 1. The van der Waals surface area contributed by atoms with Crippen LogP contribution in [0.3, 0.4) is 0 Å². The summed E-state index contributed by atoms with van der Waals surface area (Å²) >= 11 is 0. The predicted molar refractivity (Wildman–Crippen MR) is 119 cm³/mol. The normalized spacial score (nSPS) is 38.6. The summed E-state index contributed by atoms with van der Waals surface area (Å²) in [6, 6.07) is -1.41. The SMILES string of the molecule is CC1=CC2CC(C)CCC2C2(C)C(=O)C(C(=O)N(C)C(CO)C(=O)O)C(C=CC(C)O)C12. The third-order valence-electron chi connectivity index (χ3n) is 8.28. The summed E-state index contributed by atoms with van der Waals surface area (Å²) in [5.74, 6) is -2.71. The molecule has 7 nitrogen and oxygen atoms in total. The maximum absolute atomic E-state index is 14.0. The minimum atomic E-state index is -1.41. The number of aliphatic carboxylic acids is 1. The van der Waals surface area contributed by atoms with Gasteiger partial charge in [0.15, 0.2) is 11.8 Å². The van der Waals surface area contributed by atoms with Crippen LogP contribution in [0.2, 0.25) is 0 Å². The van der Waals surface area contributed by atoms with Crippen molar-refractivity contribution in [2.75, 3.05) is 13.7 Å². The van der Waals surface area contributed by atoms with E-state index in [4.69, 9.17) is 0 Å². The summed E-state index contributed by atoms with van der Waals surface area (Å²) in [5, 5.41) is 28.8. The number of Topliss-reactive ketones (excluding diaryl/α,β-unsaturated/α-hetero) is 1. The number of carboxylic acids is 1. The van der Waals surface area contributed by atoms with E-state index in [1.165, 1.54) is 7.05 Å². The second kappa shape index (κ2) is 9.10. The standard InChI is InChI=1S/C25H37NO6/c1-13-6-9-18-16(10-13)11-14(2)21-17(8-7-15(3)28)20(22(29)25(18,21)4)23(30)26(5)19(12-27)24(31)32/h7-8,11,13,15-21,27-28H,6,9-10,12H2,1-5H3,(H,31,32). The van der Waals surface area contributed by atoms with Crippen molar-refractivity contribution in [1.29, 1.82) is 0 Å². The lowest BCUT2D eigenvalue weighted by Gasteiger charge is -2.50. The topological polar surface area (TPSA) is 115 Å². The van der Waals surface area contributed by atoms with Gasteiger partial charge in [0, 0.05) is 18.4 Å². The second-order valence-corrected chi connectivity index (χ2v) is 10.4. The van der Waals surface area contributed by atoms with Crippen molar-refractivity contribution < 1.29 is 29.7 Å². The first kappa shape index (κ1) is 24.6. The second-order valence-electron chi connectivity index (χ2n) is 10.4. The lowest BCUT2D eigenvalue weighted by Crippen LogP contribution is -2.50. The molecule has 3 N–H and O–H groups in total. The number of ketones is 1. The maximum Gasteiger partial charge on any atom is 0.328 e. The van der Waals surface area contributed by atoms with Crippen LogP contribution in [0, 0.1) is 40.9 Å². The molecule has 3 rings (SSSR count). The number of hydrogen-bond donors (Lipinski definition) is 3. The van der Waals surface area contributed by atoms with E-state index in [0.717, 1.165) is 29.7 Å². The summed E-state index contributed by atoms with van der Waals surface area (Å²) < 4.78 is 0. The number of aliphatic hydroxyl groups excluding tert-OH is 2. The van der Waals surface area contributed by atoms with Crippen molar-refractivity contribution in [3.63, 3.8) is 0 Å². The van der Waals surface area contributed by atoms with E-state index in [0.29, 0.717) is 11.8 Å². The molecule has 32 heavy (non-hydrogen) atoms. The zero-order valence-corrected chi connectivity index (χ0v) is 19.7. The van der Waals surface area contributed by atoms with Crippen LogP contribution in [0.4, 0.5) is 0 Å². The molecule has 0 radical (unpaired) electrons. The Morgan fingerprint density at radius 2 is 2.00 bits per heavy atom. The quantitative estimate of drug-likeness (QED) is 0.425. The van der Waals surface area contributed by atoms with Gasteiger partial charge < -0.3 is 20.2 Å². The number of carboxylic acid groups (broad SMARTS) is 1. The van der Waals surface area contributed by atoms with Crippen molar-refractivity contribution in [3.8, 4) is 0 Å². The molecule has 0 aliphatic heterocycles. The highest BCUT2D eigenvalue weighted by Crippen LogP contribution is 2.62. The van der Waals surface area contributed by atoms with E-state index in [2.05, 4.69) is 13.0 Å². The number of nitrogens with zero attached hydrogens (tertiary/aromatic N) is 1. The molecule has 0 aromatic rings. The first-order valence-corrected chi connectivity index (χ1v) is 11.6. The van der Waals surface area contributed by atoms with Crippen LogP contribution in [0.5, 0.6) is 0 Å². The average Bonchev–Trinajstić information content (AvgIpc) is 2.93. The Bertz CT molecular complexity index is 832. The first-order chi connectivity index (χ1) is 14.9. The van der Waals surface area contributed by atoms with Crippen LogP contribution in [0.1, 0.15) is 47.0 Å². The Kier molecular flexibility index (Phi) is 7.01. The van der Waals surface area contributed by atoms with Gasteiger partial charge in [-0.15, -0.1) is 0 Å². The number of fused-ring (bicyclic) bond motifs is 3. The van der Waals surface area contributed by atoms with Gasteiger partial charge in [-0.05, 0) is 50.4 Å². The van der Waals surface area contributed by atoms with Crippen LogP contribution in [-0.2, 0) is 14.4 Å². The third-order valence-corrected chi connectivity index (χ3v) is 8.28. The van der Waals surface area contributed by atoms with Crippen molar-refractivity contribution in [2.45, 2.75) is 59.1 Å². The van der Waals surface area contributed by atoms with Crippen LogP contribution < -0.4 is 0 Å². The Morgan fingerprint density at radius 1 is 1.34 bits per heavy atom. The van der Waals surface area contributed by atoms with Crippen LogP contribution in [-0.4, -0.2) is 63.7 Å². The number of aliphatic hydroxyl groups is 2. The molecular formula is C25H37NO6. The molecule has 3 aliphatic carbocycles. The number of likely N-dealkylation sites (N-methyl/N-ethyl adjacent to an activating group) is 1. The van der Waals surface area contributed by atoms with Gasteiger partial charge in [0.25, 0.3) is 0 Å². The molecule has 0 bridgehead atoms. The number of hydrogen-bond acceptors (Lipinski definition) is 5. The molecule has 2 fully saturated rings. The van der Waals surface area contributed by atoms with Crippen molar-refractivity contribution >= 4 is 17.7 Å². The monoisotopic (exact) mass is 447 g/mol. The van der Waals surface area contributed by atoms with Gasteiger partial charge in [-0.1, -0.05) is 44.1 Å². The van der Waals surface area contributed by atoms with Crippen molar-refractivity contribution in [1.82, 2.24) is 4.90 Å². The molecule has 0 spiro atoms. The van der Waals surface area contributed by atoms with Crippen molar-refractivity contribution in [2.24, 2.45) is 40.9 Å². The van der Waals surface area contributed by atoms with Gasteiger partial charge in [-0.25, -0.2) is 4.79 Å². The molecule has 0 saturated heterocycles. The first-order valence-electron chi connectivity index (χ1n) is 11.6. The largest absolute Gasteiger partial charge is 0.480 e. The fraction of sp³-hybridized carbons (Fsp3) is 0.720. The van der Waals surface area contributed by atoms with E-state index in [1.54, 1.807) is 19.1 Å². The number of rotatable bonds is 6. The molecule has 0 aromatic carbocycles. The molecular weight excluding hydrogens is 410 g/mol. The molecule has 9 atom stereocenters. The summed E-state index contributed by atoms with van der Waals surface area (Å²) in [5.41, 5.74) is 0.363.